The number of rotatable bonds is 2. The topological polar surface area (TPSA) is 68.7 Å². The molecule has 0 saturated heterocycles. The highest BCUT2D eigenvalue weighted by molar-refractivity contribution is 5.95. The van der Waals surface area contributed by atoms with Gasteiger partial charge in [-0.2, -0.15) is 13.2 Å². The average Bonchev–Trinajstić information content (AvgIpc) is 2.51. The van der Waals surface area contributed by atoms with Crippen molar-refractivity contribution in [3.63, 3.8) is 0 Å². The van der Waals surface area contributed by atoms with Gasteiger partial charge >= 0.3 is 6.18 Å². The molecule has 0 aliphatic carbocycles. The van der Waals surface area contributed by atoms with Gasteiger partial charge in [0, 0.05) is 18.1 Å². The third-order valence-electron chi connectivity index (χ3n) is 3.63. The Morgan fingerprint density at radius 1 is 1.29 bits per heavy atom. The molecular weight excluding hydrogens is 327 g/mol. The van der Waals surface area contributed by atoms with Crippen LogP contribution in [0.1, 0.15) is 29.2 Å². The number of aromatic hydroxyl groups is 1. The molecule has 8 heteroatoms. The molecule has 1 aromatic heterocycles. The Labute approximate surface area is 134 Å². The number of fused-ring (bicyclic) bond motifs is 3. The van der Waals surface area contributed by atoms with Gasteiger partial charge in [-0.15, -0.1) is 0 Å². The third-order valence-corrected chi connectivity index (χ3v) is 3.63. The lowest BCUT2D eigenvalue weighted by molar-refractivity contribution is -0.199. The first-order chi connectivity index (χ1) is 11.2. The summed E-state index contributed by atoms with van der Waals surface area (Å²) in [5.74, 6) is -0.739. The van der Waals surface area contributed by atoms with Crippen LogP contribution in [-0.2, 0) is 0 Å². The van der Waals surface area contributed by atoms with Crippen molar-refractivity contribution in [2.45, 2.75) is 19.2 Å². The van der Waals surface area contributed by atoms with Gasteiger partial charge in [-0.25, -0.2) is 4.98 Å². The lowest BCUT2D eigenvalue weighted by atomic mass is 9.95. The molecule has 0 saturated carbocycles. The van der Waals surface area contributed by atoms with E-state index in [2.05, 4.69) is 4.98 Å². The van der Waals surface area contributed by atoms with E-state index in [4.69, 9.17) is 9.47 Å². The van der Waals surface area contributed by atoms with E-state index in [0.717, 1.165) is 13.0 Å². The maximum Gasteiger partial charge on any atom is 0.431 e. The van der Waals surface area contributed by atoms with E-state index in [-0.39, 0.29) is 11.3 Å². The largest absolute Gasteiger partial charge is 0.506 e. The Balaban J connectivity index is 2.30. The normalized spacial score (nSPS) is 16.0. The molecule has 126 valence electrons. The van der Waals surface area contributed by atoms with E-state index >= 15 is 0 Å². The first kappa shape index (κ1) is 16.1. The first-order valence-corrected chi connectivity index (χ1v) is 6.89. The van der Waals surface area contributed by atoms with Crippen LogP contribution in [0.15, 0.2) is 24.3 Å². The smallest absolute Gasteiger partial charge is 0.431 e. The number of carbonyl (C=O) groups excluding carboxylic acids is 1. The number of hydrogen-bond donors (Lipinski definition) is 1. The number of nitrogens with zero attached hydrogens (tertiary/aromatic N) is 1. The predicted molar refractivity (Wildman–Crippen MR) is 77.3 cm³/mol. The average molecular weight is 339 g/mol. The summed E-state index contributed by atoms with van der Waals surface area (Å²) in [7, 11) is 1.42. The maximum absolute atomic E-state index is 13.4. The Morgan fingerprint density at radius 3 is 2.58 bits per heavy atom. The van der Waals surface area contributed by atoms with Crippen molar-refractivity contribution in [2.24, 2.45) is 0 Å². The number of hydrogen-bond acceptors (Lipinski definition) is 5. The molecule has 1 aliphatic heterocycles. The molecule has 5 nitrogen and oxygen atoms in total. The van der Waals surface area contributed by atoms with E-state index in [9.17, 15) is 23.1 Å². The lowest BCUT2D eigenvalue weighted by Gasteiger charge is -2.29. The Kier molecular flexibility index (Phi) is 3.62. The fraction of sp³-hybridized carbons (Fsp3) is 0.250. The van der Waals surface area contributed by atoms with Gasteiger partial charge in [0.1, 0.15) is 22.9 Å². The number of alkyl halides is 3. The van der Waals surface area contributed by atoms with Crippen LogP contribution in [0, 0.1) is 0 Å². The fourth-order valence-corrected chi connectivity index (χ4v) is 2.55. The second-order valence-electron chi connectivity index (χ2n) is 5.25. The van der Waals surface area contributed by atoms with Crippen molar-refractivity contribution in [3.05, 3.63) is 35.7 Å². The highest BCUT2D eigenvalue weighted by Crippen LogP contribution is 2.49. The number of carbonyl (C=O) groups is 1. The standard InChI is InChI=1S/C16H12F3NO4/c1-7(21)13-11(22)6-10-9-5-8(23-2)3-4-12(9)24-15(14(10)20-13)16(17,18)19/h3-6,15,22H,1-2H3. The minimum absolute atomic E-state index is 0.0117. The zero-order chi connectivity index (χ0) is 17.6. The van der Waals surface area contributed by atoms with Crippen molar-refractivity contribution in [1.82, 2.24) is 4.98 Å². The molecule has 0 radical (unpaired) electrons. The molecule has 2 aromatic rings. The van der Waals surface area contributed by atoms with Gasteiger partial charge in [0.15, 0.2) is 5.78 Å². The van der Waals surface area contributed by atoms with Crippen LogP contribution in [0.2, 0.25) is 0 Å². The van der Waals surface area contributed by atoms with Crippen LogP contribution < -0.4 is 9.47 Å². The van der Waals surface area contributed by atoms with Crippen molar-refractivity contribution >= 4 is 5.78 Å². The van der Waals surface area contributed by atoms with Crippen LogP contribution in [0.3, 0.4) is 0 Å². The second-order valence-corrected chi connectivity index (χ2v) is 5.25. The molecule has 3 rings (SSSR count). The van der Waals surface area contributed by atoms with Gasteiger partial charge < -0.3 is 14.6 Å². The van der Waals surface area contributed by atoms with Crippen LogP contribution >= 0.6 is 0 Å². The molecule has 0 spiro atoms. The first-order valence-electron chi connectivity index (χ1n) is 6.89. The number of ketones is 1. The van der Waals surface area contributed by atoms with Gasteiger partial charge in [0.25, 0.3) is 0 Å². The molecule has 0 bridgehead atoms. The Morgan fingerprint density at radius 2 is 2.00 bits per heavy atom. The minimum Gasteiger partial charge on any atom is -0.506 e. The molecule has 1 aliphatic rings. The SMILES string of the molecule is COc1ccc2c(c1)-c1cc(O)c(C(C)=O)nc1C(C(F)(F)F)O2. The molecule has 1 unspecified atom stereocenters. The van der Waals surface area contributed by atoms with Gasteiger partial charge in [-0.3, -0.25) is 4.79 Å². The van der Waals surface area contributed by atoms with Gasteiger partial charge in [0.2, 0.25) is 6.10 Å². The Hall–Kier alpha value is -2.77. The summed E-state index contributed by atoms with van der Waals surface area (Å²) < 4.78 is 50.2. The summed E-state index contributed by atoms with van der Waals surface area (Å²) in [6.45, 7) is 1.11. The molecule has 2 heterocycles. The number of methoxy groups -OCH3 is 1. The summed E-state index contributed by atoms with van der Waals surface area (Å²) in [6.07, 6.45) is -7.06. The van der Waals surface area contributed by atoms with Crippen molar-refractivity contribution in [3.8, 4) is 28.4 Å². The Bertz CT molecular complexity index is 833. The number of pyridine rings is 1. The third kappa shape index (κ3) is 2.53. The van der Waals surface area contributed by atoms with E-state index in [1.807, 2.05) is 0 Å². The predicted octanol–water partition coefficient (Wildman–Crippen LogP) is 3.66. The number of aromatic nitrogens is 1. The minimum atomic E-state index is -4.73. The molecule has 0 amide bonds. The lowest BCUT2D eigenvalue weighted by Crippen LogP contribution is -2.30. The number of Topliss-reactive ketones (excluding diaryl/α,β-unsaturated/α-hetero) is 1. The fourth-order valence-electron chi connectivity index (χ4n) is 2.55. The van der Waals surface area contributed by atoms with Crippen LogP contribution in [0.4, 0.5) is 13.2 Å². The molecule has 1 aromatic carbocycles. The zero-order valence-corrected chi connectivity index (χ0v) is 12.6. The summed E-state index contributed by atoms with van der Waals surface area (Å²) in [6, 6.07) is 5.40. The monoisotopic (exact) mass is 339 g/mol. The van der Waals surface area contributed by atoms with Crippen LogP contribution in [0.25, 0.3) is 11.1 Å². The van der Waals surface area contributed by atoms with E-state index < -0.39 is 35.2 Å². The van der Waals surface area contributed by atoms with Gasteiger partial charge in [-0.05, 0) is 24.3 Å². The number of ether oxygens (including phenoxy) is 2. The molecule has 24 heavy (non-hydrogen) atoms. The molecule has 0 fully saturated rings. The van der Waals surface area contributed by atoms with Crippen LogP contribution in [0.5, 0.6) is 17.2 Å². The summed E-state index contributed by atoms with van der Waals surface area (Å²) >= 11 is 0. The van der Waals surface area contributed by atoms with Crippen molar-refractivity contribution in [2.75, 3.05) is 7.11 Å². The molecular formula is C16H12F3NO4. The van der Waals surface area contributed by atoms with Crippen LogP contribution in [-0.4, -0.2) is 29.2 Å². The van der Waals surface area contributed by atoms with Crippen molar-refractivity contribution in [1.29, 1.82) is 0 Å². The van der Waals surface area contributed by atoms with E-state index in [1.165, 1.54) is 25.3 Å². The van der Waals surface area contributed by atoms with E-state index in [0.29, 0.717) is 11.3 Å². The van der Waals surface area contributed by atoms with Gasteiger partial charge in [-0.1, -0.05) is 0 Å². The van der Waals surface area contributed by atoms with Gasteiger partial charge in [0.05, 0.1) is 12.8 Å². The molecule has 1 atom stereocenters. The highest BCUT2D eigenvalue weighted by Gasteiger charge is 2.48. The zero-order valence-electron chi connectivity index (χ0n) is 12.6. The highest BCUT2D eigenvalue weighted by atomic mass is 19.4. The summed E-state index contributed by atoms with van der Waals surface area (Å²) in [4.78, 5) is 15.2. The van der Waals surface area contributed by atoms with E-state index in [1.54, 1.807) is 0 Å². The second kappa shape index (κ2) is 5.40. The van der Waals surface area contributed by atoms with Crippen molar-refractivity contribution < 1.29 is 32.5 Å². The number of benzene rings is 1. The summed E-state index contributed by atoms with van der Waals surface area (Å²) in [5, 5.41) is 9.94. The quantitative estimate of drug-likeness (QED) is 0.846. The molecule has 1 N–H and O–H groups in total. The maximum atomic E-state index is 13.4. The summed E-state index contributed by atoms with van der Waals surface area (Å²) in [5.41, 5.74) is -0.563. The number of halogens is 3.